The third kappa shape index (κ3) is 3.64. The van der Waals surface area contributed by atoms with Crippen molar-refractivity contribution in [2.75, 3.05) is 6.61 Å². The van der Waals surface area contributed by atoms with Gasteiger partial charge in [0, 0.05) is 11.1 Å². The lowest BCUT2D eigenvalue weighted by Gasteiger charge is -2.28. The molecule has 0 atom stereocenters. The highest BCUT2D eigenvalue weighted by Gasteiger charge is 2.53. The van der Waals surface area contributed by atoms with Gasteiger partial charge in [-0.3, -0.25) is 14.5 Å². The minimum Gasteiger partial charge on any atom is -0.494 e. The number of hydrogen-bond acceptors (Lipinski definition) is 4. The molecular formula is C26H24N2O4. The fourth-order valence-corrected chi connectivity index (χ4v) is 4.04. The second kappa shape index (κ2) is 8.67. The molecule has 1 N–H and O–H groups in total. The van der Waals surface area contributed by atoms with Crippen LogP contribution in [0, 0.1) is 0 Å². The molecule has 0 aromatic heterocycles. The molecule has 1 aliphatic heterocycles. The Hall–Kier alpha value is -3.93. The van der Waals surface area contributed by atoms with E-state index in [-0.39, 0.29) is 18.2 Å². The number of carbonyl (C=O) groups excluding carboxylic acids is 3. The first-order chi connectivity index (χ1) is 15.5. The topological polar surface area (TPSA) is 75.7 Å². The minimum atomic E-state index is -1.33. The first kappa shape index (κ1) is 21.3. The number of ketones is 1. The Bertz CT molecular complexity index is 1120. The zero-order chi connectivity index (χ0) is 22.7. The summed E-state index contributed by atoms with van der Waals surface area (Å²) < 4.78 is 5.69. The van der Waals surface area contributed by atoms with Gasteiger partial charge < -0.3 is 10.1 Å². The normalized spacial score (nSPS) is 14.9. The summed E-state index contributed by atoms with van der Waals surface area (Å²) in [6, 6.07) is 23.0. The van der Waals surface area contributed by atoms with E-state index in [0.29, 0.717) is 34.6 Å². The maximum Gasteiger partial charge on any atom is 0.325 e. The van der Waals surface area contributed by atoms with Crippen molar-refractivity contribution in [1.29, 1.82) is 0 Å². The number of nitrogens with one attached hydrogen (secondary N) is 1. The van der Waals surface area contributed by atoms with Crippen molar-refractivity contribution in [3.05, 3.63) is 101 Å². The van der Waals surface area contributed by atoms with Crippen molar-refractivity contribution < 1.29 is 19.1 Å². The third-order valence-corrected chi connectivity index (χ3v) is 5.61. The molecule has 0 spiro atoms. The van der Waals surface area contributed by atoms with Gasteiger partial charge >= 0.3 is 6.03 Å². The highest BCUT2D eigenvalue weighted by Crippen LogP contribution is 2.37. The van der Waals surface area contributed by atoms with Crippen LogP contribution in [0.1, 0.15) is 40.9 Å². The van der Waals surface area contributed by atoms with E-state index in [1.807, 2.05) is 67.6 Å². The van der Waals surface area contributed by atoms with E-state index in [0.717, 1.165) is 0 Å². The molecule has 0 radical (unpaired) electrons. The van der Waals surface area contributed by atoms with Gasteiger partial charge in [-0.2, -0.15) is 0 Å². The number of ether oxygens (including phenoxy) is 1. The van der Waals surface area contributed by atoms with Gasteiger partial charge in [0.15, 0.2) is 11.3 Å². The van der Waals surface area contributed by atoms with Crippen LogP contribution in [0.2, 0.25) is 0 Å². The van der Waals surface area contributed by atoms with Crippen LogP contribution in [0.4, 0.5) is 4.79 Å². The molecule has 1 heterocycles. The van der Waals surface area contributed by atoms with E-state index in [2.05, 4.69) is 5.32 Å². The zero-order valence-electron chi connectivity index (χ0n) is 18.0. The SMILES string of the molecule is CCOc1ccc(C(C)=O)cc1CN1C(=O)NC(c2ccccc2)(c2ccccc2)C1=O. The van der Waals surface area contributed by atoms with E-state index in [4.69, 9.17) is 4.74 Å². The van der Waals surface area contributed by atoms with Gasteiger partial charge in [0.05, 0.1) is 13.2 Å². The average molecular weight is 428 g/mol. The molecule has 0 saturated carbocycles. The van der Waals surface area contributed by atoms with Gasteiger partial charge in [-0.15, -0.1) is 0 Å². The summed E-state index contributed by atoms with van der Waals surface area (Å²) in [5.74, 6) is 0.0556. The van der Waals surface area contributed by atoms with E-state index < -0.39 is 11.6 Å². The van der Waals surface area contributed by atoms with Crippen molar-refractivity contribution in [1.82, 2.24) is 10.2 Å². The molecule has 1 fully saturated rings. The fraction of sp³-hybridized carbons (Fsp3) is 0.192. The van der Waals surface area contributed by atoms with Gasteiger partial charge in [-0.05, 0) is 43.2 Å². The summed E-state index contributed by atoms with van der Waals surface area (Å²) in [6.07, 6.45) is 0. The molecule has 32 heavy (non-hydrogen) atoms. The number of urea groups is 1. The monoisotopic (exact) mass is 428 g/mol. The number of imide groups is 1. The van der Waals surface area contributed by atoms with Gasteiger partial charge in [0.2, 0.25) is 0 Å². The number of hydrogen-bond donors (Lipinski definition) is 1. The predicted octanol–water partition coefficient (Wildman–Crippen LogP) is 4.28. The smallest absolute Gasteiger partial charge is 0.325 e. The number of Topliss-reactive ketones (excluding diaryl/α,β-unsaturated/α-hetero) is 1. The van der Waals surface area contributed by atoms with E-state index >= 15 is 0 Å². The first-order valence-corrected chi connectivity index (χ1v) is 10.5. The number of rotatable bonds is 7. The molecule has 6 nitrogen and oxygen atoms in total. The largest absolute Gasteiger partial charge is 0.494 e. The van der Waals surface area contributed by atoms with Crippen LogP contribution >= 0.6 is 0 Å². The molecule has 4 rings (SSSR count). The Morgan fingerprint density at radius 1 is 0.938 bits per heavy atom. The lowest BCUT2D eigenvalue weighted by molar-refractivity contribution is -0.130. The molecular weight excluding hydrogens is 404 g/mol. The van der Waals surface area contributed by atoms with Crippen molar-refractivity contribution >= 4 is 17.7 Å². The molecule has 6 heteroatoms. The standard InChI is InChI=1S/C26H24N2O4/c1-3-32-23-15-14-19(18(2)29)16-20(23)17-28-24(30)26(27-25(28)31,21-10-6-4-7-11-21)22-12-8-5-9-13-22/h4-16H,3,17H2,1-2H3,(H,27,31). The van der Waals surface area contributed by atoms with Crippen LogP contribution < -0.4 is 10.1 Å². The van der Waals surface area contributed by atoms with Crippen molar-refractivity contribution in [3.8, 4) is 5.75 Å². The quantitative estimate of drug-likeness (QED) is 0.450. The van der Waals surface area contributed by atoms with Crippen LogP contribution in [-0.4, -0.2) is 29.2 Å². The maximum atomic E-state index is 13.9. The summed E-state index contributed by atoms with van der Waals surface area (Å²) in [5.41, 5.74) is 1.11. The van der Waals surface area contributed by atoms with Gasteiger partial charge in [-0.1, -0.05) is 60.7 Å². The zero-order valence-corrected chi connectivity index (χ0v) is 18.0. The lowest BCUT2D eigenvalue weighted by Crippen LogP contribution is -2.45. The highest BCUT2D eigenvalue weighted by molar-refractivity contribution is 6.09. The number of amides is 3. The number of carbonyl (C=O) groups is 3. The Labute approximate surface area is 186 Å². The summed E-state index contributed by atoms with van der Waals surface area (Å²) in [7, 11) is 0. The Morgan fingerprint density at radius 2 is 1.53 bits per heavy atom. The predicted molar refractivity (Wildman–Crippen MR) is 120 cm³/mol. The Morgan fingerprint density at radius 3 is 2.06 bits per heavy atom. The van der Waals surface area contributed by atoms with Crippen LogP contribution in [0.15, 0.2) is 78.9 Å². The van der Waals surface area contributed by atoms with Crippen LogP contribution in [0.3, 0.4) is 0 Å². The second-order valence-electron chi connectivity index (χ2n) is 7.62. The van der Waals surface area contributed by atoms with Crippen LogP contribution in [0.25, 0.3) is 0 Å². The van der Waals surface area contributed by atoms with Crippen molar-refractivity contribution in [2.24, 2.45) is 0 Å². The highest BCUT2D eigenvalue weighted by atomic mass is 16.5. The molecule has 1 saturated heterocycles. The summed E-state index contributed by atoms with van der Waals surface area (Å²) >= 11 is 0. The average Bonchev–Trinajstić information content (AvgIpc) is 3.07. The van der Waals surface area contributed by atoms with E-state index in [9.17, 15) is 14.4 Å². The summed E-state index contributed by atoms with van der Waals surface area (Å²) in [4.78, 5) is 40.1. The summed E-state index contributed by atoms with van der Waals surface area (Å²) in [6.45, 7) is 3.74. The van der Waals surface area contributed by atoms with Gasteiger partial charge in [0.1, 0.15) is 5.75 Å². The molecule has 3 aromatic carbocycles. The molecule has 0 unspecified atom stereocenters. The number of nitrogens with zero attached hydrogens (tertiary/aromatic N) is 1. The molecule has 162 valence electrons. The number of benzene rings is 3. The van der Waals surface area contributed by atoms with Crippen molar-refractivity contribution in [2.45, 2.75) is 25.9 Å². The second-order valence-corrected chi connectivity index (χ2v) is 7.62. The lowest BCUT2D eigenvalue weighted by atomic mass is 9.82. The molecule has 1 aliphatic rings. The van der Waals surface area contributed by atoms with E-state index in [1.54, 1.807) is 18.2 Å². The third-order valence-electron chi connectivity index (χ3n) is 5.61. The van der Waals surface area contributed by atoms with Crippen LogP contribution in [-0.2, 0) is 16.9 Å². The molecule has 0 bridgehead atoms. The van der Waals surface area contributed by atoms with E-state index in [1.165, 1.54) is 11.8 Å². The van der Waals surface area contributed by atoms with Gasteiger partial charge in [-0.25, -0.2) is 4.79 Å². The first-order valence-electron chi connectivity index (χ1n) is 10.5. The molecule has 3 amide bonds. The maximum absolute atomic E-state index is 13.9. The Kier molecular flexibility index (Phi) is 5.77. The molecule has 3 aromatic rings. The summed E-state index contributed by atoms with van der Waals surface area (Å²) in [5, 5.41) is 2.94. The molecule has 0 aliphatic carbocycles. The van der Waals surface area contributed by atoms with Gasteiger partial charge in [0.25, 0.3) is 5.91 Å². The van der Waals surface area contributed by atoms with Crippen molar-refractivity contribution in [3.63, 3.8) is 0 Å². The minimum absolute atomic E-state index is 0.0114. The fourth-order valence-electron chi connectivity index (χ4n) is 4.04. The Balaban J connectivity index is 1.78. The van der Waals surface area contributed by atoms with Crippen LogP contribution in [0.5, 0.6) is 5.75 Å².